The fourth-order valence-electron chi connectivity index (χ4n) is 1.40. The van der Waals surface area contributed by atoms with Crippen molar-refractivity contribution in [2.75, 3.05) is 6.61 Å². The smallest absolute Gasteiger partial charge is 0.326 e. The number of ether oxygens (including phenoxy) is 1. The van der Waals surface area contributed by atoms with E-state index < -0.39 is 5.54 Å². The molecule has 1 N–H and O–H groups in total. The molecule has 1 fully saturated rings. The fourth-order valence-corrected chi connectivity index (χ4v) is 2.54. The van der Waals surface area contributed by atoms with E-state index in [0.29, 0.717) is 13.2 Å². The van der Waals surface area contributed by atoms with Crippen LogP contribution in [-0.2, 0) is 16.1 Å². The lowest BCUT2D eigenvalue weighted by molar-refractivity contribution is -0.147. The van der Waals surface area contributed by atoms with Crippen LogP contribution in [0.5, 0.6) is 0 Å². The molecule has 1 aliphatic rings. The summed E-state index contributed by atoms with van der Waals surface area (Å²) >= 11 is 4.71. The topological polar surface area (TPSA) is 64.1 Å². The number of nitrogens with one attached hydrogen (secondary N) is 1. The average Bonchev–Trinajstić information content (AvgIpc) is 2.94. The van der Waals surface area contributed by atoms with Crippen LogP contribution in [0.25, 0.3) is 0 Å². The lowest BCUT2D eigenvalue weighted by atomic mass is 10.3. The molecule has 0 aliphatic heterocycles. The maximum atomic E-state index is 11.6. The summed E-state index contributed by atoms with van der Waals surface area (Å²) in [5, 5.41) is 11.9. The quantitative estimate of drug-likeness (QED) is 0.835. The maximum Gasteiger partial charge on any atom is 0.326 e. The first-order chi connectivity index (χ1) is 7.66. The van der Waals surface area contributed by atoms with E-state index in [1.165, 1.54) is 11.3 Å². The highest BCUT2D eigenvalue weighted by molar-refractivity contribution is 9.11. The van der Waals surface area contributed by atoms with Gasteiger partial charge in [-0.1, -0.05) is 11.3 Å². The Hall–Kier alpha value is -0.530. The first-order valence-corrected chi connectivity index (χ1v) is 6.67. The lowest BCUT2D eigenvalue weighted by Gasteiger charge is -2.14. The molecule has 0 saturated heterocycles. The number of esters is 1. The van der Waals surface area contributed by atoms with E-state index in [9.17, 15) is 4.79 Å². The lowest BCUT2D eigenvalue weighted by Crippen LogP contribution is -2.40. The number of hydrogen-bond acceptors (Lipinski definition) is 6. The Morgan fingerprint density at radius 3 is 2.88 bits per heavy atom. The Labute approximate surface area is 106 Å². The zero-order valence-corrected chi connectivity index (χ0v) is 11.2. The van der Waals surface area contributed by atoms with Crippen molar-refractivity contribution in [2.45, 2.75) is 31.8 Å². The van der Waals surface area contributed by atoms with Crippen molar-refractivity contribution in [3.05, 3.63) is 8.92 Å². The van der Waals surface area contributed by atoms with Crippen LogP contribution >= 0.6 is 27.3 Å². The van der Waals surface area contributed by atoms with Gasteiger partial charge in [-0.3, -0.25) is 10.1 Å². The van der Waals surface area contributed by atoms with Crippen molar-refractivity contribution >= 4 is 33.2 Å². The van der Waals surface area contributed by atoms with E-state index in [4.69, 9.17) is 4.74 Å². The Balaban J connectivity index is 1.88. The molecule has 1 saturated carbocycles. The van der Waals surface area contributed by atoms with Gasteiger partial charge in [0.25, 0.3) is 0 Å². The van der Waals surface area contributed by atoms with Crippen LogP contribution < -0.4 is 5.32 Å². The second-order valence-corrected chi connectivity index (χ2v) is 5.94. The Morgan fingerprint density at radius 2 is 2.38 bits per heavy atom. The van der Waals surface area contributed by atoms with Gasteiger partial charge in [0.05, 0.1) is 13.2 Å². The minimum absolute atomic E-state index is 0.154. The van der Waals surface area contributed by atoms with Gasteiger partial charge in [0.1, 0.15) is 10.5 Å². The van der Waals surface area contributed by atoms with E-state index in [2.05, 4.69) is 31.4 Å². The molecule has 88 valence electrons. The summed E-state index contributed by atoms with van der Waals surface area (Å²) in [5.74, 6) is -0.154. The number of aromatic nitrogens is 2. The van der Waals surface area contributed by atoms with Crippen molar-refractivity contribution in [1.82, 2.24) is 15.5 Å². The molecule has 0 amide bonds. The third-order valence-electron chi connectivity index (χ3n) is 2.44. The Bertz CT molecular complexity index is 392. The van der Waals surface area contributed by atoms with Crippen LogP contribution in [0, 0.1) is 0 Å². The summed E-state index contributed by atoms with van der Waals surface area (Å²) < 4.78 is 5.77. The van der Waals surface area contributed by atoms with Crippen LogP contribution in [-0.4, -0.2) is 28.3 Å². The minimum atomic E-state index is -0.464. The van der Waals surface area contributed by atoms with E-state index in [-0.39, 0.29) is 5.97 Å². The highest BCUT2D eigenvalue weighted by Crippen LogP contribution is 2.37. The summed E-state index contributed by atoms with van der Waals surface area (Å²) in [5.41, 5.74) is -0.464. The van der Waals surface area contributed by atoms with Gasteiger partial charge in [0, 0.05) is 0 Å². The predicted octanol–water partition coefficient (Wildman–Crippen LogP) is 1.49. The van der Waals surface area contributed by atoms with Gasteiger partial charge in [0.15, 0.2) is 3.92 Å². The third kappa shape index (κ3) is 2.58. The molecule has 0 bridgehead atoms. The molecular weight excluding hydrogens is 294 g/mol. The molecule has 0 unspecified atom stereocenters. The largest absolute Gasteiger partial charge is 0.465 e. The Kier molecular flexibility index (Phi) is 3.56. The molecule has 2 rings (SSSR count). The van der Waals surface area contributed by atoms with Gasteiger partial charge in [0.2, 0.25) is 0 Å². The second-order valence-electron chi connectivity index (χ2n) is 3.60. The molecule has 16 heavy (non-hydrogen) atoms. The molecule has 1 heterocycles. The standard InChI is InChI=1S/C9H12BrN3O2S/c1-2-15-7(14)9(3-4-9)11-5-6-12-13-8(10)16-6/h11H,2-5H2,1H3. The number of carbonyl (C=O) groups is 1. The number of nitrogens with zero attached hydrogens (tertiary/aromatic N) is 2. The van der Waals surface area contributed by atoms with Crippen molar-refractivity contribution in [2.24, 2.45) is 0 Å². The zero-order valence-electron chi connectivity index (χ0n) is 8.83. The summed E-state index contributed by atoms with van der Waals surface area (Å²) in [7, 11) is 0. The van der Waals surface area contributed by atoms with Crippen molar-refractivity contribution in [1.29, 1.82) is 0 Å². The second kappa shape index (κ2) is 4.77. The first-order valence-electron chi connectivity index (χ1n) is 5.06. The molecule has 1 aliphatic carbocycles. The monoisotopic (exact) mass is 305 g/mol. The molecule has 0 atom stereocenters. The first kappa shape index (κ1) is 11.9. The third-order valence-corrected chi connectivity index (χ3v) is 3.79. The van der Waals surface area contributed by atoms with Gasteiger partial charge in [-0.15, -0.1) is 10.2 Å². The molecular formula is C9H12BrN3O2S. The van der Waals surface area contributed by atoms with E-state index in [1.54, 1.807) is 0 Å². The van der Waals surface area contributed by atoms with Gasteiger partial charge in [-0.05, 0) is 35.7 Å². The van der Waals surface area contributed by atoms with Crippen LogP contribution in [0.1, 0.15) is 24.8 Å². The molecule has 0 radical (unpaired) electrons. The Morgan fingerprint density at radius 1 is 1.62 bits per heavy atom. The van der Waals surface area contributed by atoms with Crippen molar-refractivity contribution in [3.8, 4) is 0 Å². The van der Waals surface area contributed by atoms with Gasteiger partial charge in [-0.25, -0.2) is 0 Å². The molecule has 1 aromatic rings. The molecule has 0 aromatic carbocycles. The molecule has 5 nitrogen and oxygen atoms in total. The van der Waals surface area contributed by atoms with E-state index >= 15 is 0 Å². The summed E-state index contributed by atoms with van der Waals surface area (Å²) in [4.78, 5) is 11.6. The average molecular weight is 306 g/mol. The molecule has 7 heteroatoms. The zero-order chi connectivity index (χ0) is 11.6. The van der Waals surface area contributed by atoms with E-state index in [1.807, 2.05) is 6.92 Å². The fraction of sp³-hybridized carbons (Fsp3) is 0.667. The van der Waals surface area contributed by atoms with Crippen molar-refractivity contribution in [3.63, 3.8) is 0 Å². The summed E-state index contributed by atoms with van der Waals surface area (Å²) in [6.45, 7) is 2.80. The highest BCUT2D eigenvalue weighted by Gasteiger charge is 2.51. The maximum absolute atomic E-state index is 11.6. The summed E-state index contributed by atoms with van der Waals surface area (Å²) in [6, 6.07) is 0. The van der Waals surface area contributed by atoms with Crippen LogP contribution in [0.2, 0.25) is 0 Å². The summed E-state index contributed by atoms with van der Waals surface area (Å²) in [6.07, 6.45) is 1.68. The van der Waals surface area contributed by atoms with E-state index in [0.717, 1.165) is 21.8 Å². The SMILES string of the molecule is CCOC(=O)C1(NCc2nnc(Br)s2)CC1. The highest BCUT2D eigenvalue weighted by atomic mass is 79.9. The van der Waals surface area contributed by atoms with Crippen LogP contribution in [0.4, 0.5) is 0 Å². The van der Waals surface area contributed by atoms with Crippen LogP contribution in [0.3, 0.4) is 0 Å². The normalized spacial score (nSPS) is 17.1. The van der Waals surface area contributed by atoms with Crippen molar-refractivity contribution < 1.29 is 9.53 Å². The van der Waals surface area contributed by atoms with Gasteiger partial charge in [-0.2, -0.15) is 0 Å². The van der Waals surface area contributed by atoms with Gasteiger partial charge < -0.3 is 4.74 Å². The predicted molar refractivity (Wildman–Crippen MR) is 63.0 cm³/mol. The number of hydrogen-bond donors (Lipinski definition) is 1. The van der Waals surface area contributed by atoms with Gasteiger partial charge >= 0.3 is 5.97 Å². The number of rotatable bonds is 5. The molecule has 0 spiro atoms. The number of carbonyl (C=O) groups excluding carboxylic acids is 1. The van der Waals surface area contributed by atoms with Crippen LogP contribution in [0.15, 0.2) is 3.92 Å². The molecule has 1 aromatic heterocycles. The minimum Gasteiger partial charge on any atom is -0.465 e. The number of halogens is 1.